The van der Waals surface area contributed by atoms with Crippen LogP contribution in [-0.2, 0) is 16.6 Å². The summed E-state index contributed by atoms with van der Waals surface area (Å²) in [6, 6.07) is 6.09. The van der Waals surface area contributed by atoms with Gasteiger partial charge in [0, 0.05) is 12.6 Å². The molecule has 1 aromatic carbocycles. The summed E-state index contributed by atoms with van der Waals surface area (Å²) in [4.78, 5) is 11.4. The molecule has 0 saturated heterocycles. The van der Waals surface area contributed by atoms with Crippen LogP contribution in [0.1, 0.15) is 6.92 Å². The summed E-state index contributed by atoms with van der Waals surface area (Å²) < 4.78 is 35.1. The third-order valence-corrected chi connectivity index (χ3v) is 3.79. The molecule has 1 heterocycles. The van der Waals surface area contributed by atoms with Crippen molar-refractivity contribution in [2.75, 3.05) is 12.4 Å². The average Bonchev–Trinajstić information content (AvgIpc) is 2.87. The first-order chi connectivity index (χ1) is 11.0. The van der Waals surface area contributed by atoms with Crippen molar-refractivity contribution in [1.82, 2.24) is 14.8 Å². The molecule has 0 fully saturated rings. The Morgan fingerprint density at radius 3 is 2.61 bits per heavy atom. The van der Waals surface area contributed by atoms with Gasteiger partial charge in [0.05, 0.1) is 12.4 Å². The first kappa shape index (κ1) is 17.2. The number of aromatic nitrogens is 3. The highest BCUT2D eigenvalue weighted by Gasteiger charge is 2.13. The summed E-state index contributed by atoms with van der Waals surface area (Å²) in [5, 5.41) is 8.62. The standard InChI is InChI=1S/C14H15F2N3O3S/c1-3-21-11(20)8-23-14-18-17-12(19(14)2)9-4-6-10(7-5-9)22-13(15)16/h4-7,13H,3,8H2,1-2H3. The van der Waals surface area contributed by atoms with Crippen molar-refractivity contribution < 1.29 is 23.0 Å². The molecule has 0 spiro atoms. The molecule has 0 atom stereocenters. The Labute approximate surface area is 135 Å². The first-order valence-corrected chi connectivity index (χ1v) is 7.73. The van der Waals surface area contributed by atoms with Crippen LogP contribution in [0.5, 0.6) is 5.75 Å². The Hall–Kier alpha value is -2.16. The molecule has 0 saturated carbocycles. The Balaban J connectivity index is 2.07. The number of ether oxygens (including phenoxy) is 2. The van der Waals surface area contributed by atoms with Gasteiger partial charge in [-0.1, -0.05) is 11.8 Å². The van der Waals surface area contributed by atoms with E-state index in [1.807, 2.05) is 0 Å². The molecule has 2 aromatic rings. The fraction of sp³-hybridized carbons (Fsp3) is 0.357. The van der Waals surface area contributed by atoms with Crippen molar-refractivity contribution in [3.05, 3.63) is 24.3 Å². The number of thioether (sulfide) groups is 1. The summed E-state index contributed by atoms with van der Waals surface area (Å²) in [7, 11) is 1.76. The van der Waals surface area contributed by atoms with Crippen molar-refractivity contribution in [3.63, 3.8) is 0 Å². The predicted octanol–water partition coefficient (Wildman–Crippen LogP) is 2.74. The van der Waals surface area contributed by atoms with Crippen LogP contribution in [0.3, 0.4) is 0 Å². The van der Waals surface area contributed by atoms with E-state index in [0.717, 1.165) is 0 Å². The highest BCUT2D eigenvalue weighted by atomic mass is 32.2. The molecule has 2 rings (SSSR count). The molecule has 0 aliphatic heterocycles. The summed E-state index contributed by atoms with van der Waals surface area (Å²) >= 11 is 1.21. The number of alkyl halides is 2. The highest BCUT2D eigenvalue weighted by Crippen LogP contribution is 2.25. The number of benzene rings is 1. The van der Waals surface area contributed by atoms with E-state index in [9.17, 15) is 13.6 Å². The molecule has 124 valence electrons. The maximum absolute atomic E-state index is 12.1. The average molecular weight is 343 g/mol. The van der Waals surface area contributed by atoms with E-state index < -0.39 is 6.61 Å². The molecule has 0 N–H and O–H groups in total. The number of nitrogens with zero attached hydrogens (tertiary/aromatic N) is 3. The van der Waals surface area contributed by atoms with Gasteiger partial charge < -0.3 is 14.0 Å². The number of esters is 1. The Kier molecular flexibility index (Phi) is 5.91. The zero-order valence-corrected chi connectivity index (χ0v) is 13.3. The first-order valence-electron chi connectivity index (χ1n) is 6.74. The lowest BCUT2D eigenvalue weighted by Crippen LogP contribution is -2.07. The Bertz CT molecular complexity index is 662. The molecule has 1 aromatic heterocycles. The van der Waals surface area contributed by atoms with E-state index in [1.165, 1.54) is 23.9 Å². The van der Waals surface area contributed by atoms with Crippen LogP contribution in [0, 0.1) is 0 Å². The molecule has 0 bridgehead atoms. The molecular formula is C14H15F2N3O3S. The Morgan fingerprint density at radius 2 is 2.00 bits per heavy atom. The van der Waals surface area contributed by atoms with E-state index in [2.05, 4.69) is 14.9 Å². The van der Waals surface area contributed by atoms with Gasteiger partial charge >= 0.3 is 12.6 Å². The Morgan fingerprint density at radius 1 is 1.30 bits per heavy atom. The zero-order valence-electron chi connectivity index (χ0n) is 12.5. The number of carbonyl (C=O) groups excluding carboxylic acids is 1. The predicted molar refractivity (Wildman–Crippen MR) is 80.4 cm³/mol. The fourth-order valence-electron chi connectivity index (χ4n) is 1.80. The lowest BCUT2D eigenvalue weighted by molar-refractivity contribution is -0.139. The number of rotatable bonds is 7. The number of carbonyl (C=O) groups is 1. The van der Waals surface area contributed by atoms with Gasteiger partial charge in [-0.3, -0.25) is 4.79 Å². The minimum atomic E-state index is -2.86. The van der Waals surface area contributed by atoms with Crippen LogP contribution in [0.15, 0.2) is 29.4 Å². The summed E-state index contributed by atoms with van der Waals surface area (Å²) in [5.41, 5.74) is 0.699. The van der Waals surface area contributed by atoms with E-state index in [0.29, 0.717) is 23.2 Å². The maximum Gasteiger partial charge on any atom is 0.387 e. The number of hydrogen-bond acceptors (Lipinski definition) is 6. The van der Waals surface area contributed by atoms with E-state index >= 15 is 0 Å². The van der Waals surface area contributed by atoms with Gasteiger partial charge in [-0.05, 0) is 31.2 Å². The van der Waals surface area contributed by atoms with E-state index in [1.54, 1.807) is 30.7 Å². The summed E-state index contributed by atoms with van der Waals surface area (Å²) in [6.45, 7) is -0.789. The third-order valence-electron chi connectivity index (χ3n) is 2.80. The van der Waals surface area contributed by atoms with Gasteiger partial charge in [0.2, 0.25) is 0 Å². The van der Waals surface area contributed by atoms with Gasteiger partial charge in [0.1, 0.15) is 5.75 Å². The number of hydrogen-bond donors (Lipinski definition) is 0. The van der Waals surface area contributed by atoms with Crippen molar-refractivity contribution in [2.45, 2.75) is 18.7 Å². The molecule has 0 amide bonds. The monoisotopic (exact) mass is 343 g/mol. The summed E-state index contributed by atoms with van der Waals surface area (Å²) in [5.74, 6) is 0.444. The molecule has 0 aliphatic carbocycles. The second kappa shape index (κ2) is 7.91. The zero-order chi connectivity index (χ0) is 16.8. The molecule has 0 radical (unpaired) electrons. The number of halogens is 2. The molecule has 0 unspecified atom stereocenters. The molecule has 6 nitrogen and oxygen atoms in total. The van der Waals surface area contributed by atoms with Gasteiger partial charge in [-0.15, -0.1) is 10.2 Å². The SMILES string of the molecule is CCOC(=O)CSc1nnc(-c2ccc(OC(F)F)cc2)n1C. The van der Waals surface area contributed by atoms with Crippen molar-refractivity contribution >= 4 is 17.7 Å². The van der Waals surface area contributed by atoms with Crippen molar-refractivity contribution in [3.8, 4) is 17.1 Å². The molecule has 9 heteroatoms. The topological polar surface area (TPSA) is 66.2 Å². The minimum absolute atomic E-state index is 0.0721. The van der Waals surface area contributed by atoms with Crippen LogP contribution < -0.4 is 4.74 Å². The van der Waals surface area contributed by atoms with Gasteiger partial charge in [0.15, 0.2) is 11.0 Å². The summed E-state index contributed by atoms with van der Waals surface area (Å²) in [6.07, 6.45) is 0. The van der Waals surface area contributed by atoms with Crippen molar-refractivity contribution in [1.29, 1.82) is 0 Å². The molecular weight excluding hydrogens is 328 g/mol. The van der Waals surface area contributed by atoms with Crippen LogP contribution in [0.25, 0.3) is 11.4 Å². The lowest BCUT2D eigenvalue weighted by Gasteiger charge is -2.06. The maximum atomic E-state index is 12.1. The van der Waals surface area contributed by atoms with E-state index in [4.69, 9.17) is 4.74 Å². The molecule has 0 aliphatic rings. The van der Waals surface area contributed by atoms with Crippen molar-refractivity contribution in [2.24, 2.45) is 7.05 Å². The second-order valence-electron chi connectivity index (χ2n) is 4.36. The molecule has 23 heavy (non-hydrogen) atoms. The third kappa shape index (κ3) is 4.65. The normalized spacial score (nSPS) is 10.8. The van der Waals surface area contributed by atoms with Crippen LogP contribution in [0.2, 0.25) is 0 Å². The highest BCUT2D eigenvalue weighted by molar-refractivity contribution is 7.99. The smallest absolute Gasteiger partial charge is 0.387 e. The fourth-order valence-corrected chi connectivity index (χ4v) is 2.51. The second-order valence-corrected chi connectivity index (χ2v) is 5.30. The largest absolute Gasteiger partial charge is 0.465 e. The van der Waals surface area contributed by atoms with Gasteiger partial charge in [-0.25, -0.2) is 0 Å². The quantitative estimate of drug-likeness (QED) is 0.569. The van der Waals surface area contributed by atoms with Gasteiger partial charge in [0.25, 0.3) is 0 Å². The van der Waals surface area contributed by atoms with E-state index in [-0.39, 0.29) is 17.5 Å². The van der Waals surface area contributed by atoms with Crippen LogP contribution in [-0.4, -0.2) is 39.7 Å². The van der Waals surface area contributed by atoms with Gasteiger partial charge in [-0.2, -0.15) is 8.78 Å². The lowest BCUT2D eigenvalue weighted by atomic mass is 10.2. The van der Waals surface area contributed by atoms with Crippen LogP contribution >= 0.6 is 11.8 Å². The minimum Gasteiger partial charge on any atom is -0.465 e. The van der Waals surface area contributed by atoms with Crippen LogP contribution in [0.4, 0.5) is 8.78 Å².